The Balaban J connectivity index is 2.75. The van der Waals surface area contributed by atoms with Gasteiger partial charge < -0.3 is 5.11 Å². The molecule has 0 aliphatic carbocycles. The Morgan fingerprint density at radius 3 is 2.83 bits per heavy atom. The van der Waals surface area contributed by atoms with Crippen molar-refractivity contribution in [2.24, 2.45) is 0 Å². The molecule has 0 amide bonds. The van der Waals surface area contributed by atoms with Gasteiger partial charge in [0.05, 0.1) is 12.2 Å². The number of carbonyl (C=O) groups is 1. The van der Waals surface area contributed by atoms with Gasteiger partial charge in [-0.25, -0.2) is 0 Å². The molecule has 5 heteroatoms. The Morgan fingerprint density at radius 2 is 2.28 bits per heavy atom. The first-order chi connectivity index (χ1) is 8.58. The lowest BCUT2D eigenvalue weighted by Crippen LogP contribution is -2.37. The van der Waals surface area contributed by atoms with E-state index >= 15 is 0 Å². The topological polar surface area (TPSA) is 58.4 Å². The van der Waals surface area contributed by atoms with Crippen molar-refractivity contribution < 1.29 is 9.90 Å². The number of aromatic nitrogens is 2. The molecule has 1 N–H and O–H groups in total. The van der Waals surface area contributed by atoms with Crippen molar-refractivity contribution in [2.45, 2.75) is 52.7 Å². The maximum Gasteiger partial charge on any atom is 0.317 e. The van der Waals surface area contributed by atoms with Gasteiger partial charge in [0.1, 0.15) is 0 Å². The van der Waals surface area contributed by atoms with Gasteiger partial charge in [0.2, 0.25) is 0 Å². The summed E-state index contributed by atoms with van der Waals surface area (Å²) in [6, 6.07) is 2.22. The van der Waals surface area contributed by atoms with Crippen molar-refractivity contribution in [1.82, 2.24) is 14.7 Å². The number of nitrogens with zero attached hydrogens (tertiary/aromatic N) is 3. The smallest absolute Gasteiger partial charge is 0.317 e. The molecule has 1 aromatic rings. The van der Waals surface area contributed by atoms with Crippen molar-refractivity contribution in [2.75, 3.05) is 6.54 Å². The molecule has 0 saturated heterocycles. The Morgan fingerprint density at radius 1 is 1.56 bits per heavy atom. The van der Waals surface area contributed by atoms with Crippen LogP contribution in [0.3, 0.4) is 0 Å². The molecule has 1 aromatic heterocycles. The predicted octanol–water partition coefficient (Wildman–Crippen LogP) is 1.98. The van der Waals surface area contributed by atoms with Crippen LogP contribution in [0.1, 0.15) is 39.3 Å². The van der Waals surface area contributed by atoms with Crippen LogP contribution in [-0.4, -0.2) is 38.3 Å². The molecule has 0 spiro atoms. The number of aliphatic carboxylic acids is 1. The second kappa shape index (κ2) is 7.16. The maximum absolute atomic E-state index is 10.9. The zero-order valence-electron chi connectivity index (χ0n) is 11.5. The average molecular weight is 253 g/mol. The van der Waals surface area contributed by atoms with Gasteiger partial charge in [-0.1, -0.05) is 13.8 Å². The highest BCUT2D eigenvalue weighted by molar-refractivity contribution is 5.69. The predicted molar refractivity (Wildman–Crippen MR) is 70.3 cm³/mol. The molecule has 0 aliphatic heterocycles. The summed E-state index contributed by atoms with van der Waals surface area (Å²) in [4.78, 5) is 12.9. The number of hydrogen-bond donors (Lipinski definition) is 1. The third-order valence-corrected chi connectivity index (χ3v) is 3.16. The van der Waals surface area contributed by atoms with Crippen molar-refractivity contribution in [3.63, 3.8) is 0 Å². The molecule has 18 heavy (non-hydrogen) atoms. The van der Waals surface area contributed by atoms with Gasteiger partial charge in [-0.2, -0.15) is 5.10 Å². The second-order valence-electron chi connectivity index (χ2n) is 4.60. The van der Waals surface area contributed by atoms with Gasteiger partial charge in [0, 0.05) is 25.3 Å². The fourth-order valence-electron chi connectivity index (χ4n) is 1.92. The molecule has 0 aliphatic rings. The summed E-state index contributed by atoms with van der Waals surface area (Å²) < 4.78 is 1.96. The van der Waals surface area contributed by atoms with Crippen LogP contribution in [0.5, 0.6) is 0 Å². The van der Waals surface area contributed by atoms with E-state index in [9.17, 15) is 4.79 Å². The first-order valence-electron chi connectivity index (χ1n) is 6.55. The first-order valence-corrected chi connectivity index (χ1v) is 6.55. The largest absolute Gasteiger partial charge is 0.480 e. The summed E-state index contributed by atoms with van der Waals surface area (Å²) in [7, 11) is 0. The molecule has 5 nitrogen and oxygen atoms in total. The van der Waals surface area contributed by atoms with Crippen LogP contribution in [0.25, 0.3) is 0 Å². The molecule has 1 unspecified atom stereocenters. The quantitative estimate of drug-likeness (QED) is 0.769. The first kappa shape index (κ1) is 14.7. The van der Waals surface area contributed by atoms with Gasteiger partial charge in [0.25, 0.3) is 0 Å². The minimum Gasteiger partial charge on any atom is -0.480 e. The van der Waals surface area contributed by atoms with E-state index < -0.39 is 5.97 Å². The van der Waals surface area contributed by atoms with E-state index in [0.717, 1.165) is 25.1 Å². The SMILES string of the molecule is CCCn1nccc1CN(CC(=O)O)C(C)CC. The van der Waals surface area contributed by atoms with E-state index in [1.54, 1.807) is 6.20 Å². The van der Waals surface area contributed by atoms with Crippen LogP contribution >= 0.6 is 0 Å². The summed E-state index contributed by atoms with van der Waals surface area (Å²) in [6.45, 7) is 7.83. The molecular weight excluding hydrogens is 230 g/mol. The zero-order chi connectivity index (χ0) is 13.5. The van der Waals surface area contributed by atoms with E-state index in [2.05, 4.69) is 25.9 Å². The van der Waals surface area contributed by atoms with Gasteiger partial charge >= 0.3 is 5.97 Å². The van der Waals surface area contributed by atoms with E-state index in [4.69, 9.17) is 5.11 Å². The number of rotatable bonds is 8. The van der Waals surface area contributed by atoms with Crippen molar-refractivity contribution in [3.05, 3.63) is 18.0 Å². The molecule has 0 aromatic carbocycles. The molecule has 0 bridgehead atoms. The van der Waals surface area contributed by atoms with Gasteiger partial charge in [-0.15, -0.1) is 0 Å². The number of hydrogen-bond acceptors (Lipinski definition) is 3. The molecule has 1 atom stereocenters. The third kappa shape index (κ3) is 4.14. The standard InChI is InChI=1S/C13H23N3O2/c1-4-8-16-12(6-7-14-16)9-15(10-13(17)18)11(3)5-2/h6-7,11H,4-5,8-10H2,1-3H3,(H,17,18). The highest BCUT2D eigenvalue weighted by Crippen LogP contribution is 2.10. The summed E-state index contributed by atoms with van der Waals surface area (Å²) >= 11 is 0. The summed E-state index contributed by atoms with van der Waals surface area (Å²) in [5.41, 5.74) is 1.08. The van der Waals surface area contributed by atoms with Crippen molar-refractivity contribution in [3.8, 4) is 0 Å². The highest BCUT2D eigenvalue weighted by Gasteiger charge is 2.17. The van der Waals surface area contributed by atoms with Gasteiger partial charge in [-0.3, -0.25) is 14.4 Å². The Kier molecular flexibility index (Phi) is 5.85. The van der Waals surface area contributed by atoms with E-state index in [1.807, 2.05) is 15.6 Å². The maximum atomic E-state index is 10.9. The lowest BCUT2D eigenvalue weighted by molar-refractivity contribution is -0.139. The zero-order valence-corrected chi connectivity index (χ0v) is 11.5. The summed E-state index contributed by atoms with van der Waals surface area (Å²) in [5.74, 6) is -0.781. The number of carboxylic acids is 1. The van der Waals surface area contributed by atoms with Crippen molar-refractivity contribution >= 4 is 5.97 Å². The minimum atomic E-state index is -0.781. The summed E-state index contributed by atoms with van der Waals surface area (Å²) in [6.07, 6.45) is 3.74. The normalized spacial score (nSPS) is 12.9. The number of aryl methyl sites for hydroxylation is 1. The lowest BCUT2D eigenvalue weighted by Gasteiger charge is -2.26. The van der Waals surface area contributed by atoms with Crippen molar-refractivity contribution in [1.29, 1.82) is 0 Å². The monoisotopic (exact) mass is 253 g/mol. The van der Waals surface area contributed by atoms with Crippen LogP contribution < -0.4 is 0 Å². The fourth-order valence-corrected chi connectivity index (χ4v) is 1.92. The minimum absolute atomic E-state index is 0.0757. The Labute approximate surface area is 108 Å². The molecular formula is C13H23N3O2. The second-order valence-corrected chi connectivity index (χ2v) is 4.60. The lowest BCUT2D eigenvalue weighted by atomic mass is 10.2. The van der Waals surface area contributed by atoms with Gasteiger partial charge in [-0.05, 0) is 25.8 Å². The van der Waals surface area contributed by atoms with E-state index in [1.165, 1.54) is 0 Å². The van der Waals surface area contributed by atoms with E-state index in [-0.39, 0.29) is 12.6 Å². The summed E-state index contributed by atoms with van der Waals surface area (Å²) in [5, 5.41) is 13.2. The van der Waals surface area contributed by atoms with Crippen LogP contribution in [0, 0.1) is 0 Å². The Hall–Kier alpha value is -1.36. The van der Waals surface area contributed by atoms with E-state index in [0.29, 0.717) is 6.54 Å². The molecule has 102 valence electrons. The van der Waals surface area contributed by atoms with Crippen LogP contribution in [0.4, 0.5) is 0 Å². The third-order valence-electron chi connectivity index (χ3n) is 3.16. The molecule has 1 rings (SSSR count). The molecule has 0 radical (unpaired) electrons. The molecule has 0 saturated carbocycles. The Bertz CT molecular complexity index is 376. The molecule has 0 fully saturated rings. The van der Waals surface area contributed by atoms with Crippen LogP contribution in [0.2, 0.25) is 0 Å². The highest BCUT2D eigenvalue weighted by atomic mass is 16.4. The van der Waals surface area contributed by atoms with Crippen LogP contribution in [-0.2, 0) is 17.9 Å². The molecule has 1 heterocycles. The number of carboxylic acid groups (broad SMARTS) is 1. The van der Waals surface area contributed by atoms with Crippen LogP contribution in [0.15, 0.2) is 12.3 Å². The van der Waals surface area contributed by atoms with Gasteiger partial charge in [0.15, 0.2) is 0 Å². The average Bonchev–Trinajstić information content (AvgIpc) is 2.75. The fraction of sp³-hybridized carbons (Fsp3) is 0.692.